The minimum absolute atomic E-state index is 0.144. The number of Topliss-reactive ketones (excluding diaryl/α,β-unsaturated/α-hetero) is 1. The Morgan fingerprint density at radius 2 is 1.72 bits per heavy atom. The second-order valence-corrected chi connectivity index (χ2v) is 7.39. The van der Waals surface area contributed by atoms with Crippen LogP contribution in [0.3, 0.4) is 0 Å². The topological polar surface area (TPSA) is 104 Å². The van der Waals surface area contributed by atoms with Gasteiger partial charge in [-0.2, -0.15) is 5.26 Å². The largest absolute Gasteiger partial charge is 0.451 e. The summed E-state index contributed by atoms with van der Waals surface area (Å²) in [6.07, 6.45) is 0. The zero-order chi connectivity index (χ0) is 23.0. The predicted octanol–water partition coefficient (Wildman–Crippen LogP) is 3.15. The fourth-order valence-corrected chi connectivity index (χ4v) is 3.70. The Bertz CT molecular complexity index is 1370. The van der Waals surface area contributed by atoms with Crippen LogP contribution in [0.25, 0.3) is 11.0 Å². The fraction of sp³-hybridized carbons (Fsp3) is 0.167. The third-order valence-electron chi connectivity index (χ3n) is 5.27. The van der Waals surface area contributed by atoms with Gasteiger partial charge in [0.05, 0.1) is 16.8 Å². The summed E-state index contributed by atoms with van der Waals surface area (Å²) in [6, 6.07) is 15.4. The van der Waals surface area contributed by atoms with Crippen LogP contribution < -0.4 is 15.2 Å². The molecule has 2 heterocycles. The number of para-hydroxylation sites is 2. The van der Waals surface area contributed by atoms with E-state index >= 15 is 0 Å². The summed E-state index contributed by atoms with van der Waals surface area (Å²) in [4.78, 5) is 41.0. The number of nitriles is 1. The molecule has 0 saturated heterocycles. The number of ketones is 1. The molecule has 0 spiro atoms. The van der Waals surface area contributed by atoms with Gasteiger partial charge in [0.1, 0.15) is 23.0 Å². The fourth-order valence-electron chi connectivity index (χ4n) is 3.70. The smallest absolute Gasteiger partial charge is 0.374 e. The Morgan fingerprint density at radius 1 is 1.06 bits per heavy atom. The van der Waals surface area contributed by atoms with Gasteiger partial charge < -0.3 is 19.0 Å². The van der Waals surface area contributed by atoms with Crippen molar-refractivity contribution in [2.45, 2.75) is 6.92 Å². The number of carbonyl (C=O) groups excluding carboxylic acids is 2. The quantitative estimate of drug-likeness (QED) is 0.354. The van der Waals surface area contributed by atoms with Crippen LogP contribution in [0.5, 0.6) is 0 Å². The molecule has 1 aliphatic rings. The Balaban J connectivity index is 1.56. The number of hydrogen-bond acceptors (Lipinski definition) is 8. The van der Waals surface area contributed by atoms with Gasteiger partial charge in [0.2, 0.25) is 11.5 Å². The molecule has 1 aliphatic heterocycles. The number of rotatable bonds is 4. The maximum absolute atomic E-state index is 12.8. The summed E-state index contributed by atoms with van der Waals surface area (Å²) < 4.78 is 10.5. The first-order chi connectivity index (χ1) is 15.3. The first-order valence-electron chi connectivity index (χ1n) is 9.77. The van der Waals surface area contributed by atoms with Gasteiger partial charge in [0.15, 0.2) is 12.0 Å². The molecule has 0 amide bonds. The molecule has 0 saturated carbocycles. The molecule has 0 unspecified atom stereocenters. The molecular weight excluding hydrogens is 410 g/mol. The molecule has 8 nitrogen and oxygen atoms in total. The average Bonchev–Trinajstić information content (AvgIpc) is 3.04. The summed E-state index contributed by atoms with van der Waals surface area (Å²) >= 11 is 0. The van der Waals surface area contributed by atoms with E-state index in [1.54, 1.807) is 42.1 Å². The van der Waals surface area contributed by atoms with E-state index in [0.717, 1.165) is 23.0 Å². The monoisotopic (exact) mass is 429 g/mol. The Kier molecular flexibility index (Phi) is 5.24. The van der Waals surface area contributed by atoms with Crippen LogP contribution in [0.1, 0.15) is 16.1 Å². The predicted molar refractivity (Wildman–Crippen MR) is 118 cm³/mol. The molecule has 0 bridgehead atoms. The van der Waals surface area contributed by atoms with Crippen molar-refractivity contribution in [3.8, 4) is 6.07 Å². The molecule has 3 aromatic rings. The van der Waals surface area contributed by atoms with E-state index in [4.69, 9.17) is 9.15 Å². The van der Waals surface area contributed by atoms with Gasteiger partial charge in [0.25, 0.3) is 0 Å². The molecule has 0 radical (unpaired) electrons. The molecule has 0 fully saturated rings. The van der Waals surface area contributed by atoms with E-state index in [1.807, 2.05) is 37.3 Å². The summed E-state index contributed by atoms with van der Waals surface area (Å²) in [5.74, 6) is -1.55. The van der Waals surface area contributed by atoms with Gasteiger partial charge in [-0.25, -0.2) is 4.79 Å². The summed E-state index contributed by atoms with van der Waals surface area (Å²) in [5.41, 5.74) is 2.28. The second-order valence-electron chi connectivity index (χ2n) is 7.39. The zero-order valence-electron chi connectivity index (χ0n) is 17.7. The van der Waals surface area contributed by atoms with Gasteiger partial charge in [-0.15, -0.1) is 0 Å². The zero-order valence-corrected chi connectivity index (χ0v) is 17.7. The lowest BCUT2D eigenvalue weighted by Gasteiger charge is -2.19. The van der Waals surface area contributed by atoms with Crippen molar-refractivity contribution >= 4 is 34.1 Å². The molecule has 0 atom stereocenters. The number of aryl methyl sites for hydroxylation is 1. The third-order valence-corrected chi connectivity index (χ3v) is 5.27. The van der Waals surface area contributed by atoms with Gasteiger partial charge in [-0.3, -0.25) is 9.59 Å². The molecule has 4 rings (SSSR count). The molecule has 2 aromatic carbocycles. The Hall–Kier alpha value is -4.38. The highest BCUT2D eigenvalue weighted by Gasteiger charge is 2.31. The number of benzene rings is 2. The van der Waals surface area contributed by atoms with Crippen molar-refractivity contribution in [1.29, 1.82) is 5.26 Å². The highest BCUT2D eigenvalue weighted by atomic mass is 16.5. The number of carbonyl (C=O) groups is 2. The van der Waals surface area contributed by atoms with Crippen molar-refractivity contribution in [2.24, 2.45) is 0 Å². The Labute approximate surface area is 183 Å². The lowest BCUT2D eigenvalue weighted by atomic mass is 10.1. The number of fused-ring (bicyclic) bond motifs is 2. The van der Waals surface area contributed by atoms with E-state index in [9.17, 15) is 19.6 Å². The van der Waals surface area contributed by atoms with Crippen molar-refractivity contribution in [2.75, 3.05) is 30.5 Å². The lowest BCUT2D eigenvalue weighted by Crippen LogP contribution is -2.28. The van der Waals surface area contributed by atoms with Crippen molar-refractivity contribution < 1.29 is 18.7 Å². The minimum atomic E-state index is -0.961. The van der Waals surface area contributed by atoms with Gasteiger partial charge in [0, 0.05) is 20.2 Å². The third kappa shape index (κ3) is 3.50. The molecule has 0 N–H and O–H groups in total. The summed E-state index contributed by atoms with van der Waals surface area (Å²) in [5, 5.41) is 10.00. The van der Waals surface area contributed by atoms with Crippen LogP contribution in [-0.4, -0.2) is 32.5 Å². The normalized spacial score (nSPS) is 12.5. The maximum Gasteiger partial charge on any atom is 0.374 e. The van der Waals surface area contributed by atoms with Crippen LogP contribution >= 0.6 is 0 Å². The molecular formula is C24H19N3O5. The molecule has 1 aromatic heterocycles. The second kappa shape index (κ2) is 8.04. The number of ether oxygens (including phenoxy) is 1. The minimum Gasteiger partial charge on any atom is -0.451 e. The van der Waals surface area contributed by atoms with Crippen LogP contribution in [0, 0.1) is 18.3 Å². The van der Waals surface area contributed by atoms with Gasteiger partial charge in [-0.05, 0) is 31.2 Å². The number of esters is 1. The lowest BCUT2D eigenvalue weighted by molar-refractivity contribution is -0.118. The number of hydrogen-bond donors (Lipinski definition) is 0. The van der Waals surface area contributed by atoms with Crippen LogP contribution in [0.2, 0.25) is 0 Å². The first kappa shape index (κ1) is 20.9. The van der Waals surface area contributed by atoms with Crippen molar-refractivity contribution in [3.63, 3.8) is 0 Å². The molecule has 0 aliphatic carbocycles. The van der Waals surface area contributed by atoms with Gasteiger partial charge in [-0.1, -0.05) is 23.8 Å². The van der Waals surface area contributed by atoms with E-state index in [-0.39, 0.29) is 22.3 Å². The van der Waals surface area contributed by atoms with Crippen molar-refractivity contribution in [3.05, 3.63) is 81.5 Å². The first-order valence-corrected chi connectivity index (χ1v) is 9.77. The standard InChI is InChI=1S/C24H19N3O5/c1-14-8-9-21-15(10-14)19(28)11-22(32-21)24(30)31-13-20(29)16(12-25)23-26(2)17-6-4-5-7-18(17)27(23)3/h4-11H,13H2,1-3H3. The summed E-state index contributed by atoms with van der Waals surface area (Å²) in [7, 11) is 3.50. The van der Waals surface area contributed by atoms with E-state index in [1.165, 1.54) is 0 Å². The highest BCUT2D eigenvalue weighted by Crippen LogP contribution is 2.40. The average molecular weight is 429 g/mol. The number of nitrogens with zero attached hydrogens (tertiary/aromatic N) is 3. The van der Waals surface area contributed by atoms with E-state index < -0.39 is 18.4 Å². The van der Waals surface area contributed by atoms with Crippen LogP contribution in [-0.2, 0) is 9.53 Å². The molecule has 160 valence electrons. The SMILES string of the molecule is Cc1ccc2oc(C(=O)OCC(=O)C(C#N)=C3N(C)c4ccccc4N3C)cc(=O)c2c1. The van der Waals surface area contributed by atoms with Gasteiger partial charge >= 0.3 is 5.97 Å². The van der Waals surface area contributed by atoms with Crippen molar-refractivity contribution in [1.82, 2.24) is 0 Å². The highest BCUT2D eigenvalue weighted by molar-refractivity contribution is 6.04. The van der Waals surface area contributed by atoms with Crippen LogP contribution in [0.4, 0.5) is 11.4 Å². The summed E-state index contributed by atoms with van der Waals surface area (Å²) in [6.45, 7) is 1.17. The van der Waals surface area contributed by atoms with E-state index in [0.29, 0.717) is 11.2 Å². The molecule has 32 heavy (non-hydrogen) atoms. The Morgan fingerprint density at radius 3 is 2.34 bits per heavy atom. The van der Waals surface area contributed by atoms with E-state index in [2.05, 4.69) is 0 Å². The van der Waals surface area contributed by atoms with Crippen LogP contribution in [0.15, 0.2) is 69.1 Å². The maximum atomic E-state index is 12.8. The number of anilines is 2. The molecule has 8 heteroatoms.